The number of ether oxygens (including phenoxy) is 1. The number of benzene rings is 2. The van der Waals surface area contributed by atoms with Crippen molar-refractivity contribution < 1.29 is 28.4 Å². The number of non-ortho nitro benzene ring substituents is 1. The molecule has 0 N–H and O–H groups in total. The first-order valence-electron chi connectivity index (χ1n) is 10.3. The summed E-state index contributed by atoms with van der Waals surface area (Å²) in [6.45, 7) is 0. The van der Waals surface area contributed by atoms with Crippen molar-refractivity contribution in [3.8, 4) is 5.75 Å². The first-order valence-corrected chi connectivity index (χ1v) is 10.3. The van der Waals surface area contributed by atoms with Gasteiger partial charge in [0.15, 0.2) is 5.78 Å². The molecule has 2 saturated heterocycles. The number of nitro benzene ring substituents is 1. The maximum atomic E-state index is 13.7. The summed E-state index contributed by atoms with van der Waals surface area (Å²) in [6, 6.07) is 6.72. The quantitative estimate of drug-likeness (QED) is 0.288. The summed E-state index contributed by atoms with van der Waals surface area (Å²) in [5, 5.41) is 17.0. The van der Waals surface area contributed by atoms with E-state index in [1.165, 1.54) is 42.6 Å². The topological polar surface area (TPSA) is 122 Å². The summed E-state index contributed by atoms with van der Waals surface area (Å²) in [7, 11) is 1.32. The molecule has 3 aliphatic heterocycles. The van der Waals surface area contributed by atoms with E-state index in [1.807, 2.05) is 0 Å². The molecule has 3 aliphatic rings. The van der Waals surface area contributed by atoms with Crippen LogP contribution in [0.1, 0.15) is 10.4 Å². The van der Waals surface area contributed by atoms with Crippen molar-refractivity contribution in [2.45, 2.75) is 12.1 Å². The minimum Gasteiger partial charge on any atom is -0.495 e. The number of methoxy groups -OCH3 is 1. The van der Waals surface area contributed by atoms with Crippen LogP contribution in [0.25, 0.3) is 0 Å². The van der Waals surface area contributed by atoms with Crippen molar-refractivity contribution in [1.82, 2.24) is 5.01 Å². The number of rotatable bonds is 5. The Labute approximate surface area is 192 Å². The van der Waals surface area contributed by atoms with Gasteiger partial charge in [-0.25, -0.2) is 9.29 Å². The van der Waals surface area contributed by atoms with Crippen LogP contribution in [0.4, 0.5) is 15.8 Å². The number of hydrogen-bond acceptors (Lipinski definition) is 8. The van der Waals surface area contributed by atoms with Crippen LogP contribution >= 0.6 is 0 Å². The van der Waals surface area contributed by atoms with E-state index in [4.69, 9.17) is 4.74 Å². The molecule has 0 radical (unpaired) electrons. The van der Waals surface area contributed by atoms with Crippen LogP contribution in [0.15, 0.2) is 59.7 Å². The normalized spacial score (nSPS) is 24.9. The van der Waals surface area contributed by atoms with Crippen molar-refractivity contribution in [3.05, 3.63) is 76.1 Å². The van der Waals surface area contributed by atoms with Crippen LogP contribution in [0, 0.1) is 27.8 Å². The first-order chi connectivity index (χ1) is 16.3. The average molecular weight is 464 g/mol. The largest absolute Gasteiger partial charge is 0.495 e. The van der Waals surface area contributed by atoms with E-state index in [1.54, 1.807) is 12.2 Å². The number of anilines is 1. The Hall–Kier alpha value is -4.41. The number of ketones is 1. The fraction of sp³-hybridized carbons (Fsp3) is 0.217. The van der Waals surface area contributed by atoms with E-state index in [2.05, 4.69) is 5.10 Å². The third-order valence-electron chi connectivity index (χ3n) is 6.30. The molecule has 0 spiro atoms. The molecule has 2 aromatic carbocycles. The van der Waals surface area contributed by atoms with Gasteiger partial charge in [0, 0.05) is 23.9 Å². The summed E-state index contributed by atoms with van der Waals surface area (Å²) >= 11 is 0. The highest BCUT2D eigenvalue weighted by molar-refractivity contribution is 6.25. The molecule has 0 unspecified atom stereocenters. The zero-order valence-corrected chi connectivity index (χ0v) is 17.7. The van der Waals surface area contributed by atoms with E-state index in [0.29, 0.717) is 0 Å². The van der Waals surface area contributed by atoms with Gasteiger partial charge in [0.2, 0.25) is 11.8 Å². The number of imide groups is 1. The highest BCUT2D eigenvalue weighted by Gasteiger charge is 2.64. The van der Waals surface area contributed by atoms with Gasteiger partial charge < -0.3 is 4.74 Å². The van der Waals surface area contributed by atoms with Crippen molar-refractivity contribution >= 4 is 35.2 Å². The van der Waals surface area contributed by atoms with Gasteiger partial charge in [0.25, 0.3) is 5.69 Å². The number of carbonyl (C=O) groups is 3. The molecule has 2 aromatic rings. The predicted molar refractivity (Wildman–Crippen MR) is 117 cm³/mol. The second-order valence-corrected chi connectivity index (χ2v) is 8.01. The van der Waals surface area contributed by atoms with E-state index >= 15 is 0 Å². The van der Waals surface area contributed by atoms with Crippen molar-refractivity contribution in [3.63, 3.8) is 0 Å². The van der Waals surface area contributed by atoms with Gasteiger partial charge in [0.05, 0.1) is 29.9 Å². The lowest BCUT2D eigenvalue weighted by Crippen LogP contribution is -2.46. The first kappa shape index (κ1) is 21.4. The zero-order chi connectivity index (χ0) is 24.1. The molecule has 0 bridgehead atoms. The number of amides is 2. The average Bonchev–Trinajstić information content (AvgIpc) is 3.31. The molecule has 10 nitrogen and oxygen atoms in total. The molecule has 34 heavy (non-hydrogen) atoms. The highest BCUT2D eigenvalue weighted by Crippen LogP contribution is 2.48. The molecular weight excluding hydrogens is 447 g/mol. The summed E-state index contributed by atoms with van der Waals surface area (Å²) in [4.78, 5) is 52.2. The minimum atomic E-state index is -1.12. The van der Waals surface area contributed by atoms with Crippen LogP contribution in [0.2, 0.25) is 0 Å². The second-order valence-electron chi connectivity index (χ2n) is 8.01. The van der Waals surface area contributed by atoms with Crippen LogP contribution in [0.3, 0.4) is 0 Å². The Kier molecular flexibility index (Phi) is 4.96. The van der Waals surface area contributed by atoms with Crippen molar-refractivity contribution in [1.29, 1.82) is 0 Å². The van der Waals surface area contributed by atoms with E-state index in [0.717, 1.165) is 23.1 Å². The number of allylic oxidation sites excluding steroid dienone is 1. The van der Waals surface area contributed by atoms with Crippen LogP contribution in [-0.4, -0.2) is 52.9 Å². The molecule has 0 aliphatic carbocycles. The number of hydrazone groups is 1. The van der Waals surface area contributed by atoms with Gasteiger partial charge in [-0.3, -0.25) is 29.5 Å². The lowest BCUT2D eigenvalue weighted by Gasteiger charge is -2.30. The smallest absolute Gasteiger partial charge is 0.271 e. The van der Waals surface area contributed by atoms with Gasteiger partial charge in [-0.1, -0.05) is 6.08 Å². The Balaban J connectivity index is 1.60. The van der Waals surface area contributed by atoms with E-state index < -0.39 is 52.3 Å². The molecule has 0 saturated carbocycles. The lowest BCUT2D eigenvalue weighted by molar-refractivity contribution is -0.384. The minimum absolute atomic E-state index is 0.0658. The molecule has 11 heteroatoms. The van der Waals surface area contributed by atoms with E-state index in [9.17, 15) is 28.9 Å². The fourth-order valence-electron chi connectivity index (χ4n) is 4.83. The molecule has 172 valence electrons. The van der Waals surface area contributed by atoms with Gasteiger partial charge in [-0.2, -0.15) is 5.10 Å². The van der Waals surface area contributed by atoms with Crippen molar-refractivity contribution in [2.75, 3.05) is 12.0 Å². The summed E-state index contributed by atoms with van der Waals surface area (Å²) in [6.07, 6.45) is 4.76. The van der Waals surface area contributed by atoms with Gasteiger partial charge in [-0.15, -0.1) is 0 Å². The number of fused-ring (bicyclic) bond motifs is 3. The molecule has 2 fully saturated rings. The SMILES string of the molecule is COc1ccc([N+](=O)[O-])cc1N1C(=O)[C@@H]2[C@H](C1=O)[C@H]1C=CC=NN1[C@@H]2C(=O)c1ccc(F)cc1. The maximum Gasteiger partial charge on any atom is 0.271 e. The third-order valence-corrected chi connectivity index (χ3v) is 6.30. The molecular formula is C23H17FN4O6. The number of Topliss-reactive ketones (excluding diaryl/α,β-unsaturated/α-hetero) is 1. The standard InChI is InChI=1S/C23H17FN4O6/c1-34-17-9-8-14(28(32)33)11-16(17)26-22(30)18-15-3-2-10-25-27(15)20(19(18)23(26)31)21(29)12-4-6-13(24)7-5-12/h2-11,15,18-20H,1H3/t15-,18-,19-,20+/m1/s1. The number of carbonyl (C=O) groups excluding carboxylic acids is 3. The lowest BCUT2D eigenvalue weighted by atomic mass is 9.86. The van der Waals surface area contributed by atoms with Crippen LogP contribution < -0.4 is 9.64 Å². The maximum absolute atomic E-state index is 13.7. The number of nitro groups is 1. The summed E-state index contributed by atoms with van der Waals surface area (Å²) < 4.78 is 18.7. The van der Waals surface area contributed by atoms with Gasteiger partial charge in [0.1, 0.15) is 23.3 Å². The monoisotopic (exact) mass is 464 g/mol. The van der Waals surface area contributed by atoms with Crippen LogP contribution in [0.5, 0.6) is 5.75 Å². The number of halogens is 1. The van der Waals surface area contributed by atoms with Crippen molar-refractivity contribution in [2.24, 2.45) is 16.9 Å². The molecule has 4 atom stereocenters. The van der Waals surface area contributed by atoms with Gasteiger partial charge >= 0.3 is 0 Å². The zero-order valence-electron chi connectivity index (χ0n) is 17.7. The fourth-order valence-corrected chi connectivity index (χ4v) is 4.83. The third kappa shape index (κ3) is 3.08. The number of nitrogens with zero attached hydrogens (tertiary/aromatic N) is 4. The van der Waals surface area contributed by atoms with Crippen LogP contribution in [-0.2, 0) is 9.59 Å². The Morgan fingerprint density at radius 2 is 1.82 bits per heavy atom. The second kappa shape index (κ2) is 7.87. The Morgan fingerprint density at radius 3 is 2.50 bits per heavy atom. The predicted octanol–water partition coefficient (Wildman–Crippen LogP) is 2.34. The van der Waals surface area contributed by atoms with Gasteiger partial charge in [-0.05, 0) is 36.4 Å². The Morgan fingerprint density at radius 1 is 1.12 bits per heavy atom. The highest BCUT2D eigenvalue weighted by atomic mass is 19.1. The number of hydrogen-bond donors (Lipinski definition) is 0. The van der Waals surface area contributed by atoms with E-state index in [-0.39, 0.29) is 22.7 Å². The molecule has 2 amide bonds. The molecule has 3 heterocycles. The molecule has 5 rings (SSSR count). The summed E-state index contributed by atoms with van der Waals surface area (Å²) in [5.41, 5.74) is -0.220. The molecule has 0 aromatic heterocycles. The Bertz CT molecular complexity index is 1290. The summed E-state index contributed by atoms with van der Waals surface area (Å²) in [5.74, 6) is -4.25.